The number of oxime groups is 1. The highest BCUT2D eigenvalue weighted by atomic mass is 79.9. The number of hydrogen-bond donors (Lipinski definition) is 1. The van der Waals surface area contributed by atoms with Crippen molar-refractivity contribution in [3.05, 3.63) is 45.2 Å². The molecule has 4 rings (SSSR count). The number of thioether (sulfide) groups is 1. The summed E-state index contributed by atoms with van der Waals surface area (Å²) in [5, 5.41) is 12.6. The van der Waals surface area contributed by atoms with Gasteiger partial charge >= 0.3 is 0 Å². The number of nitrogens with zero attached hydrogens (tertiary/aromatic N) is 3. The van der Waals surface area contributed by atoms with Gasteiger partial charge in [0.15, 0.2) is 0 Å². The van der Waals surface area contributed by atoms with Gasteiger partial charge in [-0.25, -0.2) is 0 Å². The molecule has 0 aliphatic carbocycles. The molecule has 2 aromatic rings. The van der Waals surface area contributed by atoms with Crippen molar-refractivity contribution in [1.29, 1.82) is 0 Å². The zero-order chi connectivity index (χ0) is 18.1. The Kier molecular flexibility index (Phi) is 5.24. The molecule has 1 fully saturated rings. The van der Waals surface area contributed by atoms with Gasteiger partial charge in [-0.3, -0.25) is 4.79 Å². The minimum atomic E-state index is 0.0812. The summed E-state index contributed by atoms with van der Waals surface area (Å²) in [6.45, 7) is 3.09. The maximum atomic E-state index is 12.9. The zero-order valence-electron chi connectivity index (χ0n) is 14.0. The van der Waals surface area contributed by atoms with Crippen molar-refractivity contribution >= 4 is 56.3 Å². The Balaban J connectivity index is 1.44. The van der Waals surface area contributed by atoms with E-state index in [0.29, 0.717) is 18.8 Å². The molecule has 1 amide bonds. The van der Waals surface area contributed by atoms with Gasteiger partial charge in [-0.05, 0) is 30.3 Å². The van der Waals surface area contributed by atoms with E-state index in [4.69, 9.17) is 5.21 Å². The van der Waals surface area contributed by atoms with Gasteiger partial charge in [-0.2, -0.15) is 0 Å². The predicted octanol–water partition coefficient (Wildman–Crippen LogP) is 4.15. The second-order valence-corrected chi connectivity index (χ2v) is 9.54. The molecule has 0 spiro atoms. The first-order valence-electron chi connectivity index (χ1n) is 8.43. The lowest BCUT2D eigenvalue weighted by Crippen LogP contribution is -2.48. The molecule has 0 saturated carbocycles. The highest BCUT2D eigenvalue weighted by molar-refractivity contribution is 9.10. The van der Waals surface area contributed by atoms with Crippen LogP contribution in [-0.4, -0.2) is 53.7 Å². The third-order valence-electron chi connectivity index (χ3n) is 4.67. The molecule has 8 heteroatoms. The molecule has 1 saturated heterocycles. The Morgan fingerprint density at radius 3 is 2.58 bits per heavy atom. The highest BCUT2D eigenvalue weighted by Gasteiger charge is 2.27. The zero-order valence-corrected chi connectivity index (χ0v) is 17.2. The van der Waals surface area contributed by atoms with Gasteiger partial charge in [-0.1, -0.05) is 21.1 Å². The molecule has 1 aromatic carbocycles. The molecule has 26 heavy (non-hydrogen) atoms. The fraction of sp³-hybridized carbons (Fsp3) is 0.333. The van der Waals surface area contributed by atoms with E-state index < -0.39 is 0 Å². The Hall–Kier alpha value is -1.51. The number of hydrogen-bond acceptors (Lipinski definition) is 6. The third kappa shape index (κ3) is 3.50. The van der Waals surface area contributed by atoms with Crippen LogP contribution < -0.4 is 4.90 Å². The summed E-state index contributed by atoms with van der Waals surface area (Å²) >= 11 is 6.71. The molecule has 0 radical (unpaired) electrons. The van der Waals surface area contributed by atoms with Gasteiger partial charge in [-0.15, -0.1) is 23.1 Å². The standard InChI is InChI=1S/C18H18BrN3O2S2/c19-12-1-3-13(4-2-12)21-6-8-22(9-7-21)17(23)16-11-14-15(20-24)5-10-25-18(14)26-16/h1-4,11,24H,5-10H2. The van der Waals surface area contributed by atoms with Gasteiger partial charge < -0.3 is 15.0 Å². The number of piperazine rings is 1. The Bertz CT molecular complexity index is 843. The Labute approximate surface area is 168 Å². The van der Waals surface area contributed by atoms with E-state index >= 15 is 0 Å². The van der Waals surface area contributed by atoms with Crippen LogP contribution in [0.5, 0.6) is 0 Å². The minimum Gasteiger partial charge on any atom is -0.411 e. The van der Waals surface area contributed by atoms with Crippen LogP contribution in [0.2, 0.25) is 0 Å². The van der Waals surface area contributed by atoms with E-state index in [0.717, 1.165) is 44.4 Å². The first-order chi connectivity index (χ1) is 12.7. The first kappa shape index (κ1) is 17.9. The molecule has 5 nitrogen and oxygen atoms in total. The van der Waals surface area contributed by atoms with Crippen LogP contribution >= 0.6 is 39.0 Å². The van der Waals surface area contributed by atoms with Crippen molar-refractivity contribution < 1.29 is 10.0 Å². The molecule has 1 N–H and O–H groups in total. The smallest absolute Gasteiger partial charge is 0.264 e. The van der Waals surface area contributed by atoms with Crippen molar-refractivity contribution in [3.8, 4) is 0 Å². The fourth-order valence-electron chi connectivity index (χ4n) is 3.24. The molecule has 0 atom stereocenters. The number of carbonyl (C=O) groups excluding carboxylic acids is 1. The monoisotopic (exact) mass is 451 g/mol. The van der Waals surface area contributed by atoms with Crippen LogP contribution in [0, 0.1) is 0 Å². The number of carbonyl (C=O) groups is 1. The molecule has 2 aliphatic rings. The summed E-state index contributed by atoms with van der Waals surface area (Å²) < 4.78 is 2.15. The molecule has 136 valence electrons. The lowest BCUT2D eigenvalue weighted by Gasteiger charge is -2.36. The number of anilines is 1. The van der Waals surface area contributed by atoms with E-state index in [1.54, 1.807) is 11.8 Å². The molecular formula is C18H18BrN3O2S2. The number of amides is 1. The van der Waals surface area contributed by atoms with Crippen LogP contribution in [0.25, 0.3) is 0 Å². The second-order valence-electron chi connectivity index (χ2n) is 6.21. The summed E-state index contributed by atoms with van der Waals surface area (Å²) in [4.78, 5) is 17.9. The van der Waals surface area contributed by atoms with Crippen molar-refractivity contribution in [2.24, 2.45) is 5.16 Å². The van der Waals surface area contributed by atoms with E-state index in [2.05, 4.69) is 38.1 Å². The fourth-order valence-corrected chi connectivity index (χ4v) is 5.95. The lowest BCUT2D eigenvalue weighted by atomic mass is 10.1. The summed E-state index contributed by atoms with van der Waals surface area (Å²) in [5.41, 5.74) is 2.80. The van der Waals surface area contributed by atoms with E-state index in [1.807, 2.05) is 23.1 Å². The van der Waals surface area contributed by atoms with Gasteiger partial charge in [0.05, 0.1) is 14.8 Å². The van der Waals surface area contributed by atoms with E-state index in [9.17, 15) is 4.79 Å². The summed E-state index contributed by atoms with van der Waals surface area (Å²) in [5.74, 6) is 0.976. The topological polar surface area (TPSA) is 56.1 Å². The van der Waals surface area contributed by atoms with Gasteiger partial charge in [0.2, 0.25) is 0 Å². The molecule has 1 aromatic heterocycles. The van der Waals surface area contributed by atoms with E-state index in [1.165, 1.54) is 17.0 Å². The Morgan fingerprint density at radius 2 is 1.88 bits per heavy atom. The Morgan fingerprint density at radius 1 is 1.15 bits per heavy atom. The molecule has 2 aliphatic heterocycles. The number of halogens is 1. The summed E-state index contributed by atoms with van der Waals surface area (Å²) in [6.07, 6.45) is 0.740. The van der Waals surface area contributed by atoms with Gasteiger partial charge in [0.25, 0.3) is 5.91 Å². The maximum absolute atomic E-state index is 12.9. The molecule has 0 bridgehead atoms. The average molecular weight is 452 g/mol. The highest BCUT2D eigenvalue weighted by Crippen LogP contribution is 2.38. The van der Waals surface area contributed by atoms with Crippen molar-refractivity contribution in [2.75, 3.05) is 36.8 Å². The number of fused-ring (bicyclic) bond motifs is 1. The van der Waals surface area contributed by atoms with Crippen molar-refractivity contribution in [1.82, 2.24) is 4.90 Å². The average Bonchev–Trinajstić information content (AvgIpc) is 3.12. The molecule has 3 heterocycles. The lowest BCUT2D eigenvalue weighted by molar-refractivity contribution is 0.0751. The van der Waals surface area contributed by atoms with Gasteiger partial charge in [0, 0.05) is 54.1 Å². The molecule has 0 unspecified atom stereocenters. The van der Waals surface area contributed by atoms with Gasteiger partial charge in [0.1, 0.15) is 0 Å². The number of benzene rings is 1. The maximum Gasteiger partial charge on any atom is 0.264 e. The third-order valence-corrected chi connectivity index (χ3v) is 7.61. The predicted molar refractivity (Wildman–Crippen MR) is 110 cm³/mol. The summed E-state index contributed by atoms with van der Waals surface area (Å²) in [6, 6.07) is 10.2. The van der Waals surface area contributed by atoms with Crippen molar-refractivity contribution in [2.45, 2.75) is 10.6 Å². The summed E-state index contributed by atoms with van der Waals surface area (Å²) in [7, 11) is 0. The van der Waals surface area contributed by atoms with Crippen molar-refractivity contribution in [3.63, 3.8) is 0 Å². The second kappa shape index (κ2) is 7.62. The van der Waals surface area contributed by atoms with Crippen LogP contribution in [0.15, 0.2) is 44.2 Å². The normalized spacial score (nSPS) is 18.9. The number of rotatable bonds is 2. The van der Waals surface area contributed by atoms with E-state index in [-0.39, 0.29) is 5.91 Å². The molecular weight excluding hydrogens is 434 g/mol. The number of thiophene rings is 1. The minimum absolute atomic E-state index is 0.0812. The quantitative estimate of drug-likeness (QED) is 0.550. The first-order valence-corrected chi connectivity index (χ1v) is 11.0. The largest absolute Gasteiger partial charge is 0.411 e. The van der Waals surface area contributed by atoms with Crippen LogP contribution in [0.1, 0.15) is 21.7 Å². The van der Waals surface area contributed by atoms with Crippen LogP contribution in [0.3, 0.4) is 0 Å². The van der Waals surface area contributed by atoms with Crippen LogP contribution in [-0.2, 0) is 0 Å². The SMILES string of the molecule is O=C(c1cc2c(s1)SCCC2=NO)N1CCN(c2ccc(Br)cc2)CC1. The van der Waals surface area contributed by atoms with Crippen LogP contribution in [0.4, 0.5) is 5.69 Å².